The van der Waals surface area contributed by atoms with Crippen LogP contribution in [0.2, 0.25) is 5.02 Å². The monoisotopic (exact) mass is 302 g/mol. The quantitative estimate of drug-likeness (QED) is 0.924. The van der Waals surface area contributed by atoms with Crippen molar-refractivity contribution in [1.29, 1.82) is 5.26 Å². The summed E-state index contributed by atoms with van der Waals surface area (Å²) in [6.07, 6.45) is 1.68. The number of hydrogen-bond acceptors (Lipinski definition) is 4. The van der Waals surface area contributed by atoms with Crippen molar-refractivity contribution >= 4 is 17.4 Å². The molecule has 0 radical (unpaired) electrons. The predicted octanol–water partition coefficient (Wildman–Crippen LogP) is 3.14. The van der Waals surface area contributed by atoms with E-state index in [-0.39, 0.29) is 6.10 Å². The average molecular weight is 303 g/mol. The normalized spacial score (nSPS) is 17.9. The Labute approximate surface area is 127 Å². The second-order valence-electron chi connectivity index (χ2n) is 5.16. The smallest absolute Gasteiger partial charge is 0.145 e. The number of aryl methyl sites for hydroxylation is 1. The van der Waals surface area contributed by atoms with Crippen LogP contribution >= 0.6 is 11.6 Å². The first kappa shape index (κ1) is 13.9. The van der Waals surface area contributed by atoms with Gasteiger partial charge in [-0.15, -0.1) is 0 Å². The van der Waals surface area contributed by atoms with E-state index in [9.17, 15) is 5.26 Å². The molecule has 0 bridgehead atoms. The lowest BCUT2D eigenvalue weighted by Crippen LogP contribution is -2.03. The van der Waals surface area contributed by atoms with Gasteiger partial charge in [-0.3, -0.25) is 0 Å². The Morgan fingerprint density at radius 3 is 2.90 bits per heavy atom. The number of nitriles is 1. The molecule has 1 aromatic heterocycles. The summed E-state index contributed by atoms with van der Waals surface area (Å²) >= 11 is 6.09. The summed E-state index contributed by atoms with van der Waals surface area (Å²) in [4.78, 5) is 0. The largest absolute Gasteiger partial charge is 0.382 e. The summed E-state index contributed by atoms with van der Waals surface area (Å²) in [7, 11) is 0. The third-order valence-electron chi connectivity index (χ3n) is 3.57. The van der Waals surface area contributed by atoms with Gasteiger partial charge in [0.05, 0.1) is 5.69 Å². The number of aromatic nitrogens is 2. The molecule has 108 valence electrons. The first-order valence-electron chi connectivity index (χ1n) is 6.78. The second kappa shape index (κ2) is 5.40. The molecule has 2 heterocycles. The zero-order chi connectivity index (χ0) is 15.0. The minimum atomic E-state index is -0.150. The van der Waals surface area contributed by atoms with Crippen LogP contribution in [0, 0.1) is 18.3 Å². The molecule has 1 aliphatic heterocycles. The Morgan fingerprint density at radius 2 is 2.29 bits per heavy atom. The average Bonchev–Trinajstić information content (AvgIpc) is 3.04. The number of ether oxygens (including phenoxy) is 1. The molecule has 2 N–H and O–H groups in total. The zero-order valence-corrected chi connectivity index (χ0v) is 12.4. The molecule has 5 nitrogen and oxygen atoms in total. The van der Waals surface area contributed by atoms with Crippen LogP contribution in [-0.4, -0.2) is 16.4 Å². The van der Waals surface area contributed by atoms with Crippen LogP contribution in [0.15, 0.2) is 18.2 Å². The molecule has 1 atom stereocenters. The Morgan fingerprint density at radius 1 is 1.48 bits per heavy atom. The minimum absolute atomic E-state index is 0.150. The molecule has 0 spiro atoms. The summed E-state index contributed by atoms with van der Waals surface area (Å²) in [6.45, 7) is 2.64. The highest BCUT2D eigenvalue weighted by Crippen LogP contribution is 2.33. The highest BCUT2D eigenvalue weighted by atomic mass is 35.5. The number of halogens is 1. The standard InChI is InChI=1S/C15H15ClN4O/c1-9-5-10(16)7-11(6-9)20-15(18)12(8-17)14(19-20)13-3-2-4-21-13/h5-7,13H,2-4,18H2,1H3/t13-/m1/s1. The number of nitrogen functional groups attached to an aromatic ring is 1. The van der Waals surface area contributed by atoms with Crippen molar-refractivity contribution in [3.05, 3.63) is 40.0 Å². The highest BCUT2D eigenvalue weighted by Gasteiger charge is 2.27. The van der Waals surface area contributed by atoms with Crippen molar-refractivity contribution in [2.45, 2.75) is 25.9 Å². The zero-order valence-electron chi connectivity index (χ0n) is 11.6. The number of rotatable bonds is 2. The van der Waals surface area contributed by atoms with Gasteiger partial charge in [0, 0.05) is 11.6 Å². The van der Waals surface area contributed by atoms with E-state index in [1.807, 2.05) is 19.1 Å². The van der Waals surface area contributed by atoms with Gasteiger partial charge in [-0.05, 0) is 43.5 Å². The molecule has 0 amide bonds. The van der Waals surface area contributed by atoms with Gasteiger partial charge in [-0.2, -0.15) is 10.4 Å². The van der Waals surface area contributed by atoms with Crippen molar-refractivity contribution in [2.24, 2.45) is 0 Å². The van der Waals surface area contributed by atoms with Crippen molar-refractivity contribution in [3.63, 3.8) is 0 Å². The molecule has 2 aromatic rings. The summed E-state index contributed by atoms with van der Waals surface area (Å²) in [5.41, 5.74) is 8.85. The second-order valence-corrected chi connectivity index (χ2v) is 5.59. The molecule has 6 heteroatoms. The van der Waals surface area contributed by atoms with Crippen molar-refractivity contribution in [2.75, 3.05) is 12.3 Å². The number of hydrogen-bond donors (Lipinski definition) is 1. The minimum Gasteiger partial charge on any atom is -0.382 e. The fraction of sp³-hybridized carbons (Fsp3) is 0.333. The Kier molecular flexibility index (Phi) is 3.58. The van der Waals surface area contributed by atoms with Crippen LogP contribution in [0.5, 0.6) is 0 Å². The molecule has 1 fully saturated rings. The summed E-state index contributed by atoms with van der Waals surface area (Å²) in [6, 6.07) is 7.70. The van der Waals surface area contributed by atoms with E-state index in [0.717, 1.165) is 24.1 Å². The summed E-state index contributed by atoms with van der Waals surface area (Å²) in [5.74, 6) is 0.324. The Hall–Kier alpha value is -2.03. The van der Waals surface area contributed by atoms with E-state index in [0.29, 0.717) is 28.7 Å². The van der Waals surface area contributed by atoms with Crippen LogP contribution in [0.25, 0.3) is 5.69 Å². The Bertz CT molecular complexity index is 706. The van der Waals surface area contributed by atoms with Crippen LogP contribution in [-0.2, 0) is 4.74 Å². The number of nitrogens with two attached hydrogens (primary N) is 1. The SMILES string of the molecule is Cc1cc(Cl)cc(-n2nc([C@H]3CCCO3)c(C#N)c2N)c1. The topological polar surface area (TPSA) is 76.9 Å². The molecule has 1 aromatic carbocycles. The van der Waals surface area contributed by atoms with E-state index in [2.05, 4.69) is 11.2 Å². The lowest BCUT2D eigenvalue weighted by atomic mass is 10.1. The lowest BCUT2D eigenvalue weighted by Gasteiger charge is -2.07. The van der Waals surface area contributed by atoms with Gasteiger partial charge in [0.1, 0.15) is 29.2 Å². The number of benzene rings is 1. The molecule has 0 saturated carbocycles. The summed E-state index contributed by atoms with van der Waals surface area (Å²) in [5, 5.41) is 14.5. The van der Waals surface area contributed by atoms with Crippen LogP contribution in [0.3, 0.4) is 0 Å². The van der Waals surface area contributed by atoms with E-state index in [4.69, 9.17) is 22.1 Å². The highest BCUT2D eigenvalue weighted by molar-refractivity contribution is 6.30. The van der Waals surface area contributed by atoms with Gasteiger partial charge in [0.25, 0.3) is 0 Å². The molecule has 0 unspecified atom stereocenters. The number of nitrogens with zero attached hydrogens (tertiary/aromatic N) is 3. The van der Waals surface area contributed by atoms with E-state index >= 15 is 0 Å². The maximum atomic E-state index is 9.36. The van der Waals surface area contributed by atoms with Gasteiger partial charge < -0.3 is 10.5 Å². The van der Waals surface area contributed by atoms with Gasteiger partial charge in [-0.1, -0.05) is 11.6 Å². The van der Waals surface area contributed by atoms with Crippen molar-refractivity contribution in [3.8, 4) is 11.8 Å². The molecule has 1 aliphatic rings. The third kappa shape index (κ3) is 2.48. The predicted molar refractivity (Wildman–Crippen MR) is 80.4 cm³/mol. The first-order valence-corrected chi connectivity index (χ1v) is 7.15. The molecule has 1 saturated heterocycles. The fourth-order valence-corrected chi connectivity index (χ4v) is 2.90. The molecule has 21 heavy (non-hydrogen) atoms. The van der Waals surface area contributed by atoms with Gasteiger partial charge >= 0.3 is 0 Å². The van der Waals surface area contributed by atoms with E-state index in [1.165, 1.54) is 0 Å². The molecule has 3 rings (SSSR count). The number of anilines is 1. The molecular formula is C15H15ClN4O. The summed E-state index contributed by atoms with van der Waals surface area (Å²) < 4.78 is 7.19. The van der Waals surface area contributed by atoms with Crippen LogP contribution < -0.4 is 5.73 Å². The molecular weight excluding hydrogens is 288 g/mol. The van der Waals surface area contributed by atoms with Gasteiger partial charge in [0.15, 0.2) is 0 Å². The molecule has 0 aliphatic carbocycles. The van der Waals surface area contributed by atoms with Crippen molar-refractivity contribution in [1.82, 2.24) is 9.78 Å². The van der Waals surface area contributed by atoms with Crippen LogP contribution in [0.4, 0.5) is 5.82 Å². The Balaban J connectivity index is 2.13. The first-order chi connectivity index (χ1) is 10.1. The van der Waals surface area contributed by atoms with Gasteiger partial charge in [-0.25, -0.2) is 4.68 Å². The fourth-order valence-electron chi connectivity index (χ4n) is 2.62. The maximum Gasteiger partial charge on any atom is 0.145 e. The van der Waals surface area contributed by atoms with E-state index < -0.39 is 0 Å². The van der Waals surface area contributed by atoms with Gasteiger partial charge in [0.2, 0.25) is 0 Å². The maximum absolute atomic E-state index is 9.36. The van der Waals surface area contributed by atoms with Crippen molar-refractivity contribution < 1.29 is 4.74 Å². The van der Waals surface area contributed by atoms with E-state index in [1.54, 1.807) is 10.7 Å². The van der Waals surface area contributed by atoms with Crippen LogP contribution in [0.1, 0.15) is 35.8 Å². The lowest BCUT2D eigenvalue weighted by molar-refractivity contribution is 0.108. The third-order valence-corrected chi connectivity index (χ3v) is 3.78.